The van der Waals surface area contributed by atoms with Crippen LogP contribution in [-0.2, 0) is 9.59 Å². The van der Waals surface area contributed by atoms with E-state index < -0.39 is 0 Å². The summed E-state index contributed by atoms with van der Waals surface area (Å²) in [4.78, 5) is 24.7. The number of aliphatic hydroxyl groups excluding tert-OH is 1. The minimum atomic E-state index is -0.135. The molecule has 2 atom stereocenters. The van der Waals surface area contributed by atoms with Crippen LogP contribution in [0.3, 0.4) is 0 Å². The average molecular weight is 336 g/mol. The smallest absolute Gasteiger partial charge is 0.226 e. The van der Waals surface area contributed by atoms with E-state index in [4.69, 9.17) is 5.11 Å². The number of amides is 2. The molecule has 4 aliphatic rings. The van der Waals surface area contributed by atoms with Crippen molar-refractivity contribution in [2.24, 2.45) is 29.1 Å². The second-order valence-corrected chi connectivity index (χ2v) is 8.72. The van der Waals surface area contributed by atoms with Gasteiger partial charge in [-0.25, -0.2) is 0 Å². The third-order valence-electron chi connectivity index (χ3n) is 6.69. The zero-order chi connectivity index (χ0) is 17.3. The van der Waals surface area contributed by atoms with Crippen molar-refractivity contribution in [3.8, 4) is 0 Å². The summed E-state index contributed by atoms with van der Waals surface area (Å²) in [5.41, 5.74) is -0.135. The molecular formula is C19H32N2O3. The van der Waals surface area contributed by atoms with Gasteiger partial charge in [0.25, 0.3) is 0 Å². The van der Waals surface area contributed by atoms with Gasteiger partial charge < -0.3 is 15.7 Å². The highest BCUT2D eigenvalue weighted by atomic mass is 16.3. The molecule has 4 rings (SSSR count). The summed E-state index contributed by atoms with van der Waals surface area (Å²) in [5, 5.41) is 15.0. The maximum atomic E-state index is 12.8. The Morgan fingerprint density at radius 1 is 1.08 bits per heavy atom. The lowest BCUT2D eigenvalue weighted by Crippen LogP contribution is -2.53. The standard InChI is InChI=1S/C19H32N2O3/c1-12(11-22)13(2)21-17(23)3-4-20-18(24)19-8-14-5-15(9-19)7-16(6-14)10-19/h12-16,22H,3-11H2,1-2H3,(H,20,24)(H,21,23). The van der Waals surface area contributed by atoms with Gasteiger partial charge in [-0.1, -0.05) is 6.92 Å². The van der Waals surface area contributed by atoms with Gasteiger partial charge in [-0.2, -0.15) is 0 Å². The zero-order valence-electron chi connectivity index (χ0n) is 15.0. The SMILES string of the molecule is CC(CO)C(C)NC(=O)CCNC(=O)C12CC3CC(CC(C3)C1)C2. The van der Waals surface area contributed by atoms with Crippen molar-refractivity contribution in [2.45, 2.75) is 64.8 Å². The Balaban J connectivity index is 1.44. The van der Waals surface area contributed by atoms with E-state index in [1.165, 1.54) is 19.3 Å². The number of aliphatic hydroxyl groups is 1. The number of rotatable bonds is 7. The van der Waals surface area contributed by atoms with Gasteiger partial charge in [0.15, 0.2) is 0 Å². The molecule has 136 valence electrons. The zero-order valence-corrected chi connectivity index (χ0v) is 15.0. The van der Waals surface area contributed by atoms with Crippen molar-refractivity contribution < 1.29 is 14.7 Å². The van der Waals surface area contributed by atoms with Gasteiger partial charge in [0.2, 0.25) is 11.8 Å². The van der Waals surface area contributed by atoms with E-state index in [1.54, 1.807) is 0 Å². The van der Waals surface area contributed by atoms with Crippen LogP contribution in [0.15, 0.2) is 0 Å². The monoisotopic (exact) mass is 336 g/mol. The molecule has 0 aromatic rings. The summed E-state index contributed by atoms with van der Waals surface area (Å²) in [6, 6.07) is -0.0543. The Hall–Kier alpha value is -1.10. The third kappa shape index (κ3) is 3.61. The van der Waals surface area contributed by atoms with Crippen molar-refractivity contribution in [1.29, 1.82) is 0 Å². The average Bonchev–Trinajstić information content (AvgIpc) is 2.52. The topological polar surface area (TPSA) is 78.4 Å². The molecule has 5 heteroatoms. The van der Waals surface area contributed by atoms with E-state index in [9.17, 15) is 9.59 Å². The lowest BCUT2D eigenvalue weighted by molar-refractivity contribution is -0.146. The second-order valence-electron chi connectivity index (χ2n) is 8.72. The normalized spacial score (nSPS) is 36.2. The highest BCUT2D eigenvalue weighted by Gasteiger charge is 2.54. The summed E-state index contributed by atoms with van der Waals surface area (Å²) in [6.45, 7) is 4.27. The maximum Gasteiger partial charge on any atom is 0.226 e. The maximum absolute atomic E-state index is 12.8. The summed E-state index contributed by atoms with van der Waals surface area (Å²) < 4.78 is 0. The van der Waals surface area contributed by atoms with Gasteiger partial charge >= 0.3 is 0 Å². The van der Waals surface area contributed by atoms with E-state index in [-0.39, 0.29) is 35.8 Å². The molecule has 3 N–H and O–H groups in total. The molecule has 4 saturated carbocycles. The van der Waals surface area contributed by atoms with Crippen LogP contribution in [0.1, 0.15) is 58.8 Å². The molecule has 5 nitrogen and oxygen atoms in total. The Morgan fingerprint density at radius 2 is 1.62 bits per heavy atom. The van der Waals surface area contributed by atoms with Crippen LogP contribution < -0.4 is 10.6 Å². The van der Waals surface area contributed by atoms with Crippen LogP contribution in [0.5, 0.6) is 0 Å². The summed E-state index contributed by atoms with van der Waals surface area (Å²) in [7, 11) is 0. The first kappa shape index (κ1) is 17.7. The van der Waals surface area contributed by atoms with E-state index in [0.717, 1.165) is 37.0 Å². The third-order valence-corrected chi connectivity index (χ3v) is 6.69. The minimum absolute atomic E-state index is 0.0376. The van der Waals surface area contributed by atoms with Crippen molar-refractivity contribution in [3.05, 3.63) is 0 Å². The van der Waals surface area contributed by atoms with Crippen LogP contribution in [0.4, 0.5) is 0 Å². The molecule has 4 bridgehead atoms. The summed E-state index contributed by atoms with van der Waals surface area (Å²) in [6.07, 6.45) is 7.47. The lowest BCUT2D eigenvalue weighted by Gasteiger charge is -2.55. The molecule has 4 fully saturated rings. The van der Waals surface area contributed by atoms with E-state index in [0.29, 0.717) is 13.0 Å². The molecule has 4 aliphatic carbocycles. The van der Waals surface area contributed by atoms with Crippen molar-refractivity contribution >= 4 is 11.8 Å². The predicted octanol–water partition coefficient (Wildman–Crippen LogP) is 1.84. The Kier molecular flexibility index (Phi) is 5.19. The van der Waals surface area contributed by atoms with E-state index in [1.807, 2.05) is 13.8 Å². The Bertz CT molecular complexity index is 456. The number of nitrogens with one attached hydrogen (secondary N) is 2. The van der Waals surface area contributed by atoms with Crippen molar-refractivity contribution in [2.75, 3.05) is 13.2 Å². The molecule has 0 saturated heterocycles. The Morgan fingerprint density at radius 3 is 2.12 bits per heavy atom. The first-order valence-corrected chi connectivity index (χ1v) is 9.60. The van der Waals surface area contributed by atoms with Gasteiger partial charge in [0.1, 0.15) is 0 Å². The highest BCUT2D eigenvalue weighted by Crippen LogP contribution is 2.60. The number of carbonyl (C=O) groups is 2. The number of hydrogen-bond donors (Lipinski definition) is 3. The molecule has 0 spiro atoms. The van der Waals surface area contributed by atoms with Crippen LogP contribution in [-0.4, -0.2) is 36.1 Å². The van der Waals surface area contributed by atoms with Gasteiger partial charge in [0.05, 0.1) is 0 Å². The fourth-order valence-electron chi connectivity index (χ4n) is 5.49. The van der Waals surface area contributed by atoms with Gasteiger partial charge in [-0.15, -0.1) is 0 Å². The second kappa shape index (κ2) is 7.03. The predicted molar refractivity (Wildman–Crippen MR) is 92.1 cm³/mol. The number of carbonyl (C=O) groups excluding carboxylic acids is 2. The largest absolute Gasteiger partial charge is 0.396 e. The first-order valence-electron chi connectivity index (χ1n) is 9.60. The van der Waals surface area contributed by atoms with Crippen molar-refractivity contribution in [3.63, 3.8) is 0 Å². The van der Waals surface area contributed by atoms with Crippen LogP contribution in [0.25, 0.3) is 0 Å². The van der Waals surface area contributed by atoms with Crippen LogP contribution >= 0.6 is 0 Å². The summed E-state index contributed by atoms with van der Waals surface area (Å²) >= 11 is 0. The number of hydrogen-bond acceptors (Lipinski definition) is 3. The van der Waals surface area contributed by atoms with E-state index >= 15 is 0 Å². The molecule has 0 aromatic heterocycles. The molecule has 2 unspecified atom stereocenters. The molecule has 0 aliphatic heterocycles. The minimum Gasteiger partial charge on any atom is -0.396 e. The van der Waals surface area contributed by atoms with Gasteiger partial charge in [0, 0.05) is 31.0 Å². The fourth-order valence-corrected chi connectivity index (χ4v) is 5.49. The fraction of sp³-hybridized carbons (Fsp3) is 0.895. The molecular weight excluding hydrogens is 304 g/mol. The first-order chi connectivity index (χ1) is 11.4. The van der Waals surface area contributed by atoms with Gasteiger partial charge in [-0.3, -0.25) is 9.59 Å². The molecule has 2 amide bonds. The molecule has 24 heavy (non-hydrogen) atoms. The van der Waals surface area contributed by atoms with Crippen molar-refractivity contribution in [1.82, 2.24) is 10.6 Å². The lowest BCUT2D eigenvalue weighted by atomic mass is 9.49. The highest BCUT2D eigenvalue weighted by molar-refractivity contribution is 5.84. The molecule has 0 heterocycles. The van der Waals surface area contributed by atoms with E-state index in [2.05, 4.69) is 10.6 Å². The summed E-state index contributed by atoms with van der Waals surface area (Å²) in [5.74, 6) is 2.43. The molecule has 0 aromatic carbocycles. The van der Waals surface area contributed by atoms with Crippen LogP contribution in [0, 0.1) is 29.1 Å². The van der Waals surface area contributed by atoms with Gasteiger partial charge in [-0.05, 0) is 69.1 Å². The Labute approximate surface area is 145 Å². The van der Waals surface area contributed by atoms with Crippen LogP contribution in [0.2, 0.25) is 0 Å². The quantitative estimate of drug-likeness (QED) is 0.664. The molecule has 0 radical (unpaired) electrons.